The van der Waals surface area contributed by atoms with Gasteiger partial charge in [0, 0.05) is 25.2 Å². The first-order valence-electron chi connectivity index (χ1n) is 9.52. The van der Waals surface area contributed by atoms with Gasteiger partial charge in [-0.1, -0.05) is 12.1 Å². The smallest absolute Gasteiger partial charge is 0.352 e. The summed E-state index contributed by atoms with van der Waals surface area (Å²) in [5.41, 5.74) is 2.95. The molecule has 0 spiro atoms. The average Bonchev–Trinajstić information content (AvgIpc) is 3.47. The molecule has 0 radical (unpaired) electrons. The third-order valence-corrected chi connectivity index (χ3v) is 5.21. The summed E-state index contributed by atoms with van der Waals surface area (Å²) in [5, 5.41) is 8.01. The van der Waals surface area contributed by atoms with Gasteiger partial charge in [-0.2, -0.15) is 18.3 Å². The number of carbonyl (C=O) groups excluding carboxylic acids is 1. The van der Waals surface area contributed by atoms with Crippen LogP contribution in [-0.4, -0.2) is 27.2 Å². The molecule has 5 nitrogen and oxygen atoms in total. The van der Waals surface area contributed by atoms with Crippen molar-refractivity contribution < 1.29 is 18.0 Å². The number of nitrogens with one attached hydrogen (secondary N) is 1. The van der Waals surface area contributed by atoms with Crippen molar-refractivity contribution in [3.8, 4) is 0 Å². The molecule has 1 saturated carbocycles. The molecule has 1 amide bonds. The van der Waals surface area contributed by atoms with Gasteiger partial charge >= 0.3 is 6.18 Å². The highest BCUT2D eigenvalue weighted by Gasteiger charge is 2.30. The van der Waals surface area contributed by atoms with Crippen molar-refractivity contribution >= 4 is 16.9 Å². The molecular weight excluding hydrogens is 381 g/mol. The van der Waals surface area contributed by atoms with Crippen molar-refractivity contribution in [3.63, 3.8) is 0 Å². The van der Waals surface area contributed by atoms with E-state index >= 15 is 0 Å². The van der Waals surface area contributed by atoms with Crippen LogP contribution in [0.5, 0.6) is 0 Å². The fraction of sp³-hybridized carbons (Fsp3) is 0.381. The zero-order chi connectivity index (χ0) is 20.8. The highest BCUT2D eigenvalue weighted by Crippen LogP contribution is 2.40. The Morgan fingerprint density at radius 3 is 2.55 bits per heavy atom. The van der Waals surface area contributed by atoms with Gasteiger partial charge in [0.1, 0.15) is 0 Å². The molecule has 152 valence electrons. The summed E-state index contributed by atoms with van der Waals surface area (Å²) in [7, 11) is 1.81. The Morgan fingerprint density at radius 1 is 1.24 bits per heavy atom. The van der Waals surface area contributed by atoms with E-state index in [0.717, 1.165) is 47.3 Å². The van der Waals surface area contributed by atoms with E-state index in [2.05, 4.69) is 15.4 Å². The highest BCUT2D eigenvalue weighted by molar-refractivity contribution is 6.06. The van der Waals surface area contributed by atoms with Gasteiger partial charge in [0.05, 0.1) is 22.2 Å². The first kappa shape index (κ1) is 19.4. The van der Waals surface area contributed by atoms with Gasteiger partial charge in [-0.15, -0.1) is 0 Å². The number of hydrogen-bond acceptors (Lipinski definition) is 3. The maximum absolute atomic E-state index is 12.9. The van der Waals surface area contributed by atoms with Gasteiger partial charge in [-0.25, -0.2) is 4.98 Å². The van der Waals surface area contributed by atoms with Gasteiger partial charge in [0.2, 0.25) is 0 Å². The number of hydrogen-bond donors (Lipinski definition) is 1. The fourth-order valence-electron chi connectivity index (χ4n) is 3.51. The third-order valence-electron chi connectivity index (χ3n) is 5.21. The van der Waals surface area contributed by atoms with Crippen molar-refractivity contribution in [1.29, 1.82) is 0 Å². The van der Waals surface area contributed by atoms with Crippen molar-refractivity contribution in [1.82, 2.24) is 20.1 Å². The van der Waals surface area contributed by atoms with E-state index in [-0.39, 0.29) is 5.91 Å². The van der Waals surface area contributed by atoms with Crippen LogP contribution in [0.25, 0.3) is 11.0 Å². The summed E-state index contributed by atoms with van der Waals surface area (Å²) in [5.74, 6) is 0.176. The minimum atomic E-state index is -4.35. The lowest BCUT2D eigenvalue weighted by Gasteiger charge is -2.10. The second kappa shape index (κ2) is 7.17. The molecule has 0 saturated heterocycles. The van der Waals surface area contributed by atoms with Crippen LogP contribution in [-0.2, 0) is 19.6 Å². The van der Waals surface area contributed by atoms with Gasteiger partial charge in [-0.3, -0.25) is 9.48 Å². The number of rotatable bonds is 5. The molecular formula is C21H21F3N4O. The quantitative estimate of drug-likeness (QED) is 0.698. The summed E-state index contributed by atoms with van der Waals surface area (Å²) >= 11 is 0. The van der Waals surface area contributed by atoms with Crippen LogP contribution in [0.4, 0.5) is 13.2 Å². The fourth-order valence-corrected chi connectivity index (χ4v) is 3.51. The number of amides is 1. The molecule has 0 aliphatic heterocycles. The van der Waals surface area contributed by atoms with E-state index in [0.29, 0.717) is 30.1 Å². The summed E-state index contributed by atoms with van der Waals surface area (Å²) in [6.07, 6.45) is -1.76. The number of benzene rings is 1. The lowest BCUT2D eigenvalue weighted by atomic mass is 10.1. The van der Waals surface area contributed by atoms with E-state index < -0.39 is 11.7 Å². The summed E-state index contributed by atoms with van der Waals surface area (Å²) in [6, 6.07) is 6.85. The highest BCUT2D eigenvalue weighted by atomic mass is 19.4. The number of fused-ring (bicyclic) bond motifs is 1. The van der Waals surface area contributed by atoms with E-state index in [1.54, 1.807) is 4.68 Å². The zero-order valence-electron chi connectivity index (χ0n) is 16.2. The van der Waals surface area contributed by atoms with Crippen molar-refractivity contribution in [2.75, 3.05) is 6.54 Å². The Balaban J connectivity index is 1.49. The Labute approximate surface area is 165 Å². The van der Waals surface area contributed by atoms with Crippen molar-refractivity contribution in [2.24, 2.45) is 7.05 Å². The molecule has 4 rings (SSSR count). The first-order valence-corrected chi connectivity index (χ1v) is 9.52. The third kappa shape index (κ3) is 3.97. The van der Waals surface area contributed by atoms with Crippen LogP contribution >= 0.6 is 0 Å². The van der Waals surface area contributed by atoms with Crippen molar-refractivity contribution in [3.05, 3.63) is 58.4 Å². The minimum Gasteiger partial charge on any atom is -0.352 e. The molecule has 1 aliphatic rings. The normalized spacial score (nSPS) is 14.4. The summed E-state index contributed by atoms with van der Waals surface area (Å²) in [6.45, 7) is 2.17. The molecule has 1 N–H and O–H groups in total. The first-order chi connectivity index (χ1) is 13.7. The molecule has 3 aromatic rings. The van der Waals surface area contributed by atoms with Crippen LogP contribution in [0.1, 0.15) is 51.6 Å². The number of pyridine rings is 1. The van der Waals surface area contributed by atoms with Crippen LogP contribution in [0.3, 0.4) is 0 Å². The molecule has 0 unspecified atom stereocenters. The molecule has 29 heavy (non-hydrogen) atoms. The molecule has 2 aromatic heterocycles. The number of halogens is 3. The maximum atomic E-state index is 12.9. The molecule has 1 aliphatic carbocycles. The van der Waals surface area contributed by atoms with E-state index in [9.17, 15) is 18.0 Å². The monoisotopic (exact) mass is 402 g/mol. The van der Waals surface area contributed by atoms with E-state index in [1.165, 1.54) is 12.1 Å². The predicted octanol–water partition coefficient (Wildman–Crippen LogP) is 4.15. The van der Waals surface area contributed by atoms with Crippen molar-refractivity contribution in [2.45, 2.75) is 38.3 Å². The summed E-state index contributed by atoms with van der Waals surface area (Å²) < 4.78 is 39.6. The second-order valence-corrected chi connectivity index (χ2v) is 7.48. The number of nitrogens with zero attached hydrogens (tertiary/aromatic N) is 3. The SMILES string of the molecule is Cc1nn(C)c2nc(C3CC3)cc(C(=O)NCCc3ccc(C(F)(F)F)cc3)c12. The summed E-state index contributed by atoms with van der Waals surface area (Å²) in [4.78, 5) is 17.6. The Hall–Kier alpha value is -2.90. The molecule has 0 bridgehead atoms. The molecule has 0 atom stereocenters. The number of carbonyl (C=O) groups is 1. The maximum Gasteiger partial charge on any atom is 0.416 e. The zero-order valence-corrected chi connectivity index (χ0v) is 16.2. The van der Waals surface area contributed by atoms with Gasteiger partial charge in [0.25, 0.3) is 5.91 Å². The van der Waals surface area contributed by atoms with Crippen LogP contribution in [0.2, 0.25) is 0 Å². The standard InChI is InChI=1S/C21H21F3N4O/c1-12-18-16(11-17(14-5-6-14)26-19(18)28(2)27-12)20(29)25-10-9-13-3-7-15(8-4-13)21(22,23)24/h3-4,7-8,11,14H,5-6,9-10H2,1-2H3,(H,25,29). The largest absolute Gasteiger partial charge is 0.416 e. The number of aryl methyl sites for hydroxylation is 2. The lowest BCUT2D eigenvalue weighted by Crippen LogP contribution is -2.26. The van der Waals surface area contributed by atoms with E-state index in [1.807, 2.05) is 20.0 Å². The predicted molar refractivity (Wildman–Crippen MR) is 103 cm³/mol. The topological polar surface area (TPSA) is 59.8 Å². The number of aromatic nitrogens is 3. The number of alkyl halides is 3. The van der Waals surface area contributed by atoms with Gasteiger partial charge < -0.3 is 5.32 Å². The van der Waals surface area contributed by atoms with Gasteiger partial charge in [0.15, 0.2) is 5.65 Å². The minimum absolute atomic E-state index is 0.220. The van der Waals surface area contributed by atoms with Crippen LogP contribution < -0.4 is 5.32 Å². The van der Waals surface area contributed by atoms with Gasteiger partial charge in [-0.05, 0) is 49.9 Å². The Morgan fingerprint density at radius 2 is 1.93 bits per heavy atom. The molecule has 2 heterocycles. The molecule has 1 fully saturated rings. The average molecular weight is 402 g/mol. The molecule has 8 heteroatoms. The Kier molecular flexibility index (Phi) is 4.80. The van der Waals surface area contributed by atoms with Crippen LogP contribution in [0.15, 0.2) is 30.3 Å². The molecule has 1 aromatic carbocycles. The van der Waals surface area contributed by atoms with E-state index in [4.69, 9.17) is 0 Å². The second-order valence-electron chi connectivity index (χ2n) is 7.48. The van der Waals surface area contributed by atoms with Crippen LogP contribution in [0, 0.1) is 6.92 Å². The lowest BCUT2D eigenvalue weighted by molar-refractivity contribution is -0.137. The Bertz CT molecular complexity index is 1070.